The average molecular weight is 335 g/mol. The maximum Gasteiger partial charge on any atom is 0.131 e. The molecule has 24 heavy (non-hydrogen) atoms. The van der Waals surface area contributed by atoms with E-state index < -0.39 is 0 Å². The van der Waals surface area contributed by atoms with Gasteiger partial charge in [0.2, 0.25) is 0 Å². The highest BCUT2D eigenvalue weighted by Gasteiger charge is 2.04. The predicted molar refractivity (Wildman–Crippen MR) is 97.8 cm³/mol. The lowest BCUT2D eigenvalue weighted by molar-refractivity contribution is 0.825. The normalized spacial score (nSPS) is 10.9. The van der Waals surface area contributed by atoms with Gasteiger partial charge < -0.3 is 9.88 Å². The topological polar surface area (TPSA) is 42.7 Å². The largest absolute Gasteiger partial charge is 0.340 e. The Hall–Kier alpha value is -2.85. The maximum absolute atomic E-state index is 6.00. The molecule has 118 valence electrons. The van der Waals surface area contributed by atoms with Crippen LogP contribution in [0.2, 0.25) is 5.02 Å². The van der Waals surface area contributed by atoms with Crippen molar-refractivity contribution in [2.75, 3.05) is 5.32 Å². The van der Waals surface area contributed by atoms with Crippen LogP contribution in [-0.4, -0.2) is 14.5 Å². The van der Waals surface area contributed by atoms with Crippen LogP contribution in [0.15, 0.2) is 73.2 Å². The van der Waals surface area contributed by atoms with E-state index in [-0.39, 0.29) is 0 Å². The van der Waals surface area contributed by atoms with Crippen LogP contribution in [0.25, 0.3) is 11.0 Å². The van der Waals surface area contributed by atoms with Gasteiger partial charge in [-0.3, -0.25) is 0 Å². The molecular weight excluding hydrogens is 320 g/mol. The number of fused-ring (bicyclic) bond motifs is 1. The van der Waals surface area contributed by atoms with E-state index in [4.69, 9.17) is 11.6 Å². The molecule has 0 spiro atoms. The molecule has 0 aliphatic heterocycles. The SMILES string of the molecule is Clc1ccnc(Nc2cccc(Cn3cnc4ccccc43)c2)c1. The fourth-order valence-electron chi connectivity index (χ4n) is 2.70. The second kappa shape index (κ2) is 6.34. The number of hydrogen-bond donors (Lipinski definition) is 1. The van der Waals surface area contributed by atoms with Crippen LogP contribution in [0.5, 0.6) is 0 Å². The van der Waals surface area contributed by atoms with E-state index >= 15 is 0 Å². The fourth-order valence-corrected chi connectivity index (χ4v) is 2.86. The van der Waals surface area contributed by atoms with Crippen LogP contribution < -0.4 is 5.32 Å². The Morgan fingerprint density at radius 3 is 2.79 bits per heavy atom. The minimum atomic E-state index is 0.661. The second-order valence-electron chi connectivity index (χ2n) is 5.55. The summed E-state index contributed by atoms with van der Waals surface area (Å²) >= 11 is 6.00. The fraction of sp³-hybridized carbons (Fsp3) is 0.0526. The van der Waals surface area contributed by atoms with Crippen LogP contribution in [0.3, 0.4) is 0 Å². The number of nitrogens with zero attached hydrogens (tertiary/aromatic N) is 3. The van der Waals surface area contributed by atoms with Gasteiger partial charge in [0.25, 0.3) is 0 Å². The van der Waals surface area contributed by atoms with Crippen LogP contribution >= 0.6 is 11.6 Å². The molecule has 0 unspecified atom stereocenters. The standard InChI is InChI=1S/C19H15ClN4/c20-15-8-9-21-19(11-15)23-16-5-3-4-14(10-16)12-24-13-22-17-6-1-2-7-18(17)24/h1-11,13H,12H2,(H,21,23). The van der Waals surface area contributed by atoms with Crippen molar-refractivity contribution >= 4 is 34.1 Å². The summed E-state index contributed by atoms with van der Waals surface area (Å²) in [7, 11) is 0. The number of imidazole rings is 1. The van der Waals surface area contributed by atoms with Gasteiger partial charge in [-0.2, -0.15) is 0 Å². The molecule has 4 nitrogen and oxygen atoms in total. The molecule has 0 saturated heterocycles. The Morgan fingerprint density at radius 1 is 0.958 bits per heavy atom. The van der Waals surface area contributed by atoms with Gasteiger partial charge in [-0.05, 0) is 42.0 Å². The first-order chi connectivity index (χ1) is 11.8. The monoisotopic (exact) mass is 334 g/mol. The van der Waals surface area contributed by atoms with Gasteiger partial charge in [-0.25, -0.2) is 9.97 Å². The number of nitrogens with one attached hydrogen (secondary N) is 1. The van der Waals surface area contributed by atoms with Crippen molar-refractivity contribution in [2.45, 2.75) is 6.54 Å². The molecule has 1 N–H and O–H groups in total. The van der Waals surface area contributed by atoms with Crippen molar-refractivity contribution in [3.63, 3.8) is 0 Å². The summed E-state index contributed by atoms with van der Waals surface area (Å²) in [5, 5.41) is 3.94. The number of para-hydroxylation sites is 2. The third-order valence-electron chi connectivity index (χ3n) is 3.80. The third kappa shape index (κ3) is 3.09. The lowest BCUT2D eigenvalue weighted by Crippen LogP contribution is -1.99. The van der Waals surface area contributed by atoms with E-state index in [1.54, 1.807) is 18.3 Å². The zero-order chi connectivity index (χ0) is 16.4. The first kappa shape index (κ1) is 14.7. The molecule has 0 radical (unpaired) electrons. The third-order valence-corrected chi connectivity index (χ3v) is 4.04. The number of halogens is 1. The first-order valence-corrected chi connectivity index (χ1v) is 8.03. The second-order valence-corrected chi connectivity index (χ2v) is 5.98. The van der Waals surface area contributed by atoms with Gasteiger partial charge in [0.05, 0.1) is 17.4 Å². The Labute approximate surface area is 144 Å². The van der Waals surface area contributed by atoms with E-state index in [1.807, 2.05) is 36.7 Å². The average Bonchev–Trinajstić information content (AvgIpc) is 2.99. The van der Waals surface area contributed by atoms with Crippen LogP contribution in [0, 0.1) is 0 Å². The molecule has 2 aromatic carbocycles. The molecule has 0 atom stereocenters. The van der Waals surface area contributed by atoms with Gasteiger partial charge >= 0.3 is 0 Å². The predicted octanol–water partition coefficient (Wildman–Crippen LogP) is 4.88. The highest BCUT2D eigenvalue weighted by Crippen LogP contribution is 2.20. The first-order valence-electron chi connectivity index (χ1n) is 7.65. The molecular formula is C19H15ClN4. The van der Waals surface area contributed by atoms with Crippen molar-refractivity contribution in [1.82, 2.24) is 14.5 Å². The van der Waals surface area contributed by atoms with Crippen LogP contribution in [0.1, 0.15) is 5.56 Å². The van der Waals surface area contributed by atoms with Gasteiger partial charge in [0, 0.05) is 23.5 Å². The molecule has 2 aromatic heterocycles. The van der Waals surface area contributed by atoms with Crippen molar-refractivity contribution in [1.29, 1.82) is 0 Å². The quantitative estimate of drug-likeness (QED) is 0.578. The summed E-state index contributed by atoms with van der Waals surface area (Å²) in [4.78, 5) is 8.71. The summed E-state index contributed by atoms with van der Waals surface area (Å²) in [6.45, 7) is 0.763. The van der Waals surface area contributed by atoms with Crippen LogP contribution in [-0.2, 0) is 6.54 Å². The number of pyridine rings is 1. The summed E-state index contributed by atoms with van der Waals surface area (Å²) in [5.41, 5.74) is 4.30. The summed E-state index contributed by atoms with van der Waals surface area (Å²) in [6, 6.07) is 20.0. The smallest absolute Gasteiger partial charge is 0.131 e. The van der Waals surface area contributed by atoms with Crippen molar-refractivity contribution in [3.8, 4) is 0 Å². The molecule has 0 amide bonds. The van der Waals surface area contributed by atoms with E-state index in [9.17, 15) is 0 Å². The maximum atomic E-state index is 6.00. The van der Waals surface area contributed by atoms with Gasteiger partial charge in [-0.15, -0.1) is 0 Å². The molecule has 0 fully saturated rings. The van der Waals surface area contributed by atoms with Crippen molar-refractivity contribution in [3.05, 3.63) is 83.8 Å². The zero-order valence-corrected chi connectivity index (χ0v) is 13.6. The van der Waals surface area contributed by atoms with E-state index in [0.29, 0.717) is 5.02 Å². The zero-order valence-electron chi connectivity index (χ0n) is 12.9. The molecule has 0 saturated carbocycles. The lowest BCUT2D eigenvalue weighted by atomic mass is 10.2. The van der Waals surface area contributed by atoms with Gasteiger partial charge in [0.15, 0.2) is 0 Å². The lowest BCUT2D eigenvalue weighted by Gasteiger charge is -2.09. The van der Waals surface area contributed by atoms with Gasteiger partial charge in [-0.1, -0.05) is 35.9 Å². The van der Waals surface area contributed by atoms with E-state index in [1.165, 1.54) is 5.56 Å². The number of rotatable bonds is 4. The Morgan fingerprint density at radius 2 is 1.88 bits per heavy atom. The molecule has 0 aliphatic rings. The number of anilines is 2. The summed E-state index contributed by atoms with van der Waals surface area (Å²) < 4.78 is 2.14. The minimum Gasteiger partial charge on any atom is -0.340 e. The highest BCUT2D eigenvalue weighted by atomic mass is 35.5. The summed E-state index contributed by atoms with van der Waals surface area (Å²) in [5.74, 6) is 0.729. The van der Waals surface area contributed by atoms with E-state index in [0.717, 1.165) is 29.1 Å². The molecule has 0 bridgehead atoms. The Bertz CT molecular complexity index is 993. The minimum absolute atomic E-state index is 0.661. The number of benzene rings is 2. The molecule has 2 heterocycles. The van der Waals surface area contributed by atoms with Gasteiger partial charge in [0.1, 0.15) is 5.82 Å². The van der Waals surface area contributed by atoms with Crippen LogP contribution in [0.4, 0.5) is 11.5 Å². The molecule has 4 rings (SSSR count). The molecule has 0 aliphatic carbocycles. The number of hydrogen-bond acceptors (Lipinski definition) is 3. The number of aromatic nitrogens is 3. The van der Waals surface area contributed by atoms with Crippen molar-refractivity contribution < 1.29 is 0 Å². The molecule has 5 heteroatoms. The van der Waals surface area contributed by atoms with Crippen molar-refractivity contribution in [2.24, 2.45) is 0 Å². The Balaban J connectivity index is 1.58. The highest BCUT2D eigenvalue weighted by molar-refractivity contribution is 6.30. The summed E-state index contributed by atoms with van der Waals surface area (Å²) in [6.07, 6.45) is 3.56. The Kier molecular flexibility index (Phi) is 3.89. The molecule has 4 aromatic rings. The van der Waals surface area contributed by atoms with E-state index in [2.05, 4.69) is 38.1 Å².